The van der Waals surface area contributed by atoms with Crippen LogP contribution in [-0.2, 0) is 6.54 Å². The summed E-state index contributed by atoms with van der Waals surface area (Å²) in [4.78, 5) is 21.2. The fraction of sp³-hybridized carbons (Fsp3) is 0.333. The number of aromatic amines is 1. The minimum Gasteiger partial charge on any atom is -0.348 e. The van der Waals surface area contributed by atoms with Gasteiger partial charge >= 0.3 is 0 Å². The van der Waals surface area contributed by atoms with E-state index >= 15 is 0 Å². The van der Waals surface area contributed by atoms with Crippen molar-refractivity contribution in [2.24, 2.45) is 0 Å². The first-order valence-corrected chi connectivity index (χ1v) is 7.45. The third-order valence-electron chi connectivity index (χ3n) is 3.66. The van der Waals surface area contributed by atoms with E-state index in [2.05, 4.69) is 25.5 Å². The maximum absolute atomic E-state index is 12.7. The normalized spacial score (nSPS) is 11.4. The molecule has 0 aromatic carbocycles. The van der Waals surface area contributed by atoms with Crippen molar-refractivity contribution >= 4 is 17.0 Å². The fourth-order valence-electron chi connectivity index (χ4n) is 2.53. The van der Waals surface area contributed by atoms with E-state index < -0.39 is 13.0 Å². The number of aromatic nitrogens is 5. The molecule has 126 valence electrons. The van der Waals surface area contributed by atoms with Crippen molar-refractivity contribution in [3.8, 4) is 11.3 Å². The molecule has 0 aliphatic carbocycles. The van der Waals surface area contributed by atoms with E-state index in [4.69, 9.17) is 0 Å². The van der Waals surface area contributed by atoms with Crippen LogP contribution in [0.2, 0.25) is 0 Å². The molecule has 0 spiro atoms. The second-order valence-electron chi connectivity index (χ2n) is 5.22. The number of alkyl halides is 2. The summed E-state index contributed by atoms with van der Waals surface area (Å²) in [6.07, 6.45) is -0.948. The Morgan fingerprint density at radius 1 is 1.38 bits per heavy atom. The highest BCUT2D eigenvalue weighted by Gasteiger charge is 2.15. The Morgan fingerprint density at radius 2 is 2.17 bits per heavy atom. The van der Waals surface area contributed by atoms with Gasteiger partial charge < -0.3 is 5.32 Å². The van der Waals surface area contributed by atoms with Crippen molar-refractivity contribution in [3.05, 3.63) is 34.4 Å². The molecule has 0 radical (unpaired) electrons. The molecule has 0 unspecified atom stereocenters. The summed E-state index contributed by atoms with van der Waals surface area (Å²) < 4.78 is 26.2. The largest absolute Gasteiger partial charge is 0.348 e. The van der Waals surface area contributed by atoms with Gasteiger partial charge in [0.2, 0.25) is 5.95 Å². The molecule has 2 N–H and O–H groups in total. The summed E-state index contributed by atoms with van der Waals surface area (Å²) in [7, 11) is 0. The van der Waals surface area contributed by atoms with Crippen LogP contribution in [0, 0.1) is 6.92 Å². The quantitative estimate of drug-likeness (QED) is 0.747. The van der Waals surface area contributed by atoms with E-state index in [0.29, 0.717) is 34.5 Å². The summed E-state index contributed by atoms with van der Waals surface area (Å²) in [5.41, 5.74) is 1.84. The molecule has 3 heterocycles. The average molecular weight is 334 g/mol. The number of pyridine rings is 1. The summed E-state index contributed by atoms with van der Waals surface area (Å²) in [6, 6.07) is 3.40. The van der Waals surface area contributed by atoms with E-state index in [1.165, 1.54) is 4.57 Å². The lowest BCUT2D eigenvalue weighted by molar-refractivity contribution is 0.163. The van der Waals surface area contributed by atoms with Crippen molar-refractivity contribution < 1.29 is 8.78 Å². The van der Waals surface area contributed by atoms with Crippen molar-refractivity contribution in [1.82, 2.24) is 24.7 Å². The molecule has 3 aromatic rings. The van der Waals surface area contributed by atoms with Crippen LogP contribution in [0.3, 0.4) is 0 Å². The van der Waals surface area contributed by atoms with Crippen LogP contribution in [0.25, 0.3) is 22.3 Å². The predicted octanol–water partition coefficient (Wildman–Crippen LogP) is 2.19. The first kappa shape index (κ1) is 16.0. The zero-order valence-electron chi connectivity index (χ0n) is 13.2. The van der Waals surface area contributed by atoms with E-state index in [-0.39, 0.29) is 11.5 Å². The van der Waals surface area contributed by atoms with E-state index in [0.717, 1.165) is 0 Å². The predicted molar refractivity (Wildman–Crippen MR) is 86.3 cm³/mol. The Labute approximate surface area is 135 Å². The molecular weight excluding hydrogens is 318 g/mol. The Hall–Kier alpha value is -2.84. The lowest BCUT2D eigenvalue weighted by atomic mass is 10.1. The SMILES string of the molecule is CCn1c(=O)c(-c2ccn[nH]2)cc2c(C)nc(NCC(F)F)nc21. The number of hydrogen-bond donors (Lipinski definition) is 2. The molecule has 3 aromatic heterocycles. The number of anilines is 1. The van der Waals surface area contributed by atoms with Gasteiger partial charge in [0.15, 0.2) is 0 Å². The Balaban J connectivity index is 2.21. The molecule has 7 nitrogen and oxygen atoms in total. The van der Waals surface area contributed by atoms with Crippen molar-refractivity contribution in [3.63, 3.8) is 0 Å². The molecule has 0 atom stereocenters. The number of hydrogen-bond acceptors (Lipinski definition) is 5. The van der Waals surface area contributed by atoms with Gasteiger partial charge in [0, 0.05) is 18.1 Å². The summed E-state index contributed by atoms with van der Waals surface area (Å²) in [6.45, 7) is 3.41. The van der Waals surface area contributed by atoms with Gasteiger partial charge in [-0.25, -0.2) is 13.8 Å². The van der Waals surface area contributed by atoms with Gasteiger partial charge in [0.05, 0.1) is 23.5 Å². The van der Waals surface area contributed by atoms with Gasteiger partial charge in [-0.3, -0.25) is 14.5 Å². The molecule has 0 bridgehead atoms. The Bertz CT molecular complexity index is 920. The summed E-state index contributed by atoms with van der Waals surface area (Å²) >= 11 is 0. The van der Waals surface area contributed by atoms with Gasteiger partial charge in [0.25, 0.3) is 12.0 Å². The highest BCUT2D eigenvalue weighted by Crippen LogP contribution is 2.21. The van der Waals surface area contributed by atoms with Crippen LogP contribution in [0.15, 0.2) is 23.1 Å². The van der Waals surface area contributed by atoms with E-state index in [1.807, 2.05) is 6.92 Å². The third kappa shape index (κ3) is 2.84. The number of halogens is 2. The zero-order chi connectivity index (χ0) is 17.3. The molecule has 0 amide bonds. The highest BCUT2D eigenvalue weighted by atomic mass is 19.3. The first-order valence-electron chi connectivity index (χ1n) is 7.45. The van der Waals surface area contributed by atoms with Crippen LogP contribution in [-0.4, -0.2) is 37.7 Å². The van der Waals surface area contributed by atoms with Crippen molar-refractivity contribution in [2.45, 2.75) is 26.8 Å². The smallest absolute Gasteiger partial charge is 0.261 e. The van der Waals surface area contributed by atoms with Crippen LogP contribution in [0.1, 0.15) is 12.6 Å². The molecule has 0 aliphatic rings. The minimum absolute atomic E-state index is 0.0798. The summed E-state index contributed by atoms with van der Waals surface area (Å²) in [5.74, 6) is 0.0798. The molecule has 24 heavy (non-hydrogen) atoms. The maximum atomic E-state index is 12.7. The molecule has 0 saturated heterocycles. The monoisotopic (exact) mass is 334 g/mol. The van der Waals surface area contributed by atoms with Gasteiger partial charge in [-0.2, -0.15) is 10.1 Å². The number of rotatable bonds is 5. The molecule has 0 aliphatic heterocycles. The second-order valence-corrected chi connectivity index (χ2v) is 5.22. The number of H-pyrrole nitrogens is 1. The molecule has 0 saturated carbocycles. The van der Waals surface area contributed by atoms with Crippen LogP contribution in [0.5, 0.6) is 0 Å². The average Bonchev–Trinajstić information content (AvgIpc) is 3.06. The Morgan fingerprint density at radius 3 is 2.79 bits per heavy atom. The maximum Gasteiger partial charge on any atom is 0.261 e. The van der Waals surface area contributed by atoms with Gasteiger partial charge in [-0.05, 0) is 26.0 Å². The number of fused-ring (bicyclic) bond motifs is 1. The van der Waals surface area contributed by atoms with Gasteiger partial charge in [-0.15, -0.1) is 0 Å². The number of nitrogens with zero attached hydrogens (tertiary/aromatic N) is 4. The van der Waals surface area contributed by atoms with Gasteiger partial charge in [0.1, 0.15) is 5.65 Å². The molecular formula is C15H16F2N6O. The van der Waals surface area contributed by atoms with Crippen LogP contribution >= 0.6 is 0 Å². The molecule has 3 rings (SSSR count). The first-order chi connectivity index (χ1) is 11.5. The van der Waals surface area contributed by atoms with Gasteiger partial charge in [-0.1, -0.05) is 0 Å². The van der Waals surface area contributed by atoms with E-state index in [1.54, 1.807) is 25.3 Å². The van der Waals surface area contributed by atoms with Crippen LogP contribution < -0.4 is 10.9 Å². The lowest BCUT2D eigenvalue weighted by Crippen LogP contribution is -2.23. The van der Waals surface area contributed by atoms with Crippen LogP contribution in [0.4, 0.5) is 14.7 Å². The molecule has 0 fully saturated rings. The molecule has 9 heteroatoms. The Kier molecular flexibility index (Phi) is 4.24. The highest BCUT2D eigenvalue weighted by molar-refractivity contribution is 5.83. The van der Waals surface area contributed by atoms with E-state index in [9.17, 15) is 13.6 Å². The number of aryl methyl sites for hydroxylation is 2. The number of nitrogens with one attached hydrogen (secondary N) is 2. The van der Waals surface area contributed by atoms with Crippen molar-refractivity contribution in [2.75, 3.05) is 11.9 Å². The topological polar surface area (TPSA) is 88.5 Å². The standard InChI is InChI=1S/C15H16F2N6O/c1-3-23-13-9(6-10(14(23)24)11-4-5-19-22-11)8(2)20-15(21-13)18-7-12(16)17/h4-6,12H,3,7H2,1-2H3,(H,19,22)(H,18,20,21). The summed E-state index contributed by atoms with van der Waals surface area (Å²) in [5, 5.41) is 9.81. The zero-order valence-corrected chi connectivity index (χ0v) is 13.2. The second kappa shape index (κ2) is 6.34. The van der Waals surface area contributed by atoms with Crippen molar-refractivity contribution in [1.29, 1.82) is 0 Å². The third-order valence-corrected chi connectivity index (χ3v) is 3.66. The lowest BCUT2D eigenvalue weighted by Gasteiger charge is -2.13. The minimum atomic E-state index is -2.51. The fourth-order valence-corrected chi connectivity index (χ4v) is 2.53.